The Labute approximate surface area is 176 Å². The summed E-state index contributed by atoms with van der Waals surface area (Å²) in [6.45, 7) is 7.91. The molecule has 1 aromatic heterocycles. The van der Waals surface area contributed by atoms with E-state index in [1.54, 1.807) is 0 Å². The van der Waals surface area contributed by atoms with Gasteiger partial charge in [0.15, 0.2) is 0 Å². The van der Waals surface area contributed by atoms with Gasteiger partial charge in [-0.05, 0) is 36.1 Å². The Morgan fingerprint density at radius 2 is 1.76 bits per heavy atom. The topological polar surface area (TPSA) is 87.2 Å². The smallest absolute Gasteiger partial charge is 0.249 e. The molecule has 2 amide bonds. The maximum atomic E-state index is 12.8. The van der Waals surface area contributed by atoms with E-state index in [1.807, 2.05) is 71.0 Å². The lowest BCUT2D eigenvalue weighted by Gasteiger charge is -2.23. The van der Waals surface area contributed by atoms with Gasteiger partial charge in [-0.15, -0.1) is 10.2 Å². The van der Waals surface area contributed by atoms with Crippen molar-refractivity contribution in [1.82, 2.24) is 15.5 Å². The summed E-state index contributed by atoms with van der Waals surface area (Å²) in [5.41, 5.74) is 2.04. The molecule has 2 N–H and O–H groups in total. The first-order valence-electron chi connectivity index (χ1n) is 9.92. The molecule has 158 valence electrons. The van der Waals surface area contributed by atoms with E-state index >= 15 is 0 Å². The summed E-state index contributed by atoms with van der Waals surface area (Å²) in [4.78, 5) is 27.0. The fraction of sp³-hybridized carbons (Fsp3) is 0.524. The van der Waals surface area contributed by atoms with Gasteiger partial charge in [0.1, 0.15) is 11.0 Å². The van der Waals surface area contributed by atoms with Crippen molar-refractivity contribution in [3.8, 4) is 10.6 Å². The van der Waals surface area contributed by atoms with Crippen LogP contribution in [0.1, 0.15) is 40.5 Å². The third-order valence-electron chi connectivity index (χ3n) is 4.69. The molecule has 29 heavy (non-hydrogen) atoms. The van der Waals surface area contributed by atoms with E-state index in [0.717, 1.165) is 22.7 Å². The van der Waals surface area contributed by atoms with Crippen molar-refractivity contribution in [1.29, 1.82) is 0 Å². The Morgan fingerprint density at radius 3 is 2.31 bits per heavy atom. The van der Waals surface area contributed by atoms with E-state index in [2.05, 4.69) is 20.8 Å². The first-order chi connectivity index (χ1) is 13.7. The lowest BCUT2D eigenvalue weighted by atomic mass is 9.97. The maximum absolute atomic E-state index is 12.8. The Balaban J connectivity index is 2.08. The van der Waals surface area contributed by atoms with Crippen LogP contribution in [0.2, 0.25) is 0 Å². The molecule has 1 aromatic carbocycles. The molecule has 0 fully saturated rings. The van der Waals surface area contributed by atoms with Crippen LogP contribution in [0, 0.1) is 11.8 Å². The number of hydrogen-bond acceptors (Lipinski definition) is 6. The Hall–Kier alpha value is -2.48. The molecule has 0 spiro atoms. The molecule has 0 aliphatic carbocycles. The van der Waals surface area contributed by atoms with Crippen LogP contribution in [0.4, 0.5) is 10.8 Å². The summed E-state index contributed by atoms with van der Waals surface area (Å²) in [7, 11) is 3.97. The van der Waals surface area contributed by atoms with E-state index in [-0.39, 0.29) is 23.7 Å². The highest BCUT2D eigenvalue weighted by Gasteiger charge is 2.27. The maximum Gasteiger partial charge on any atom is 0.249 e. The van der Waals surface area contributed by atoms with E-state index in [4.69, 9.17) is 0 Å². The number of carbonyl (C=O) groups is 2. The van der Waals surface area contributed by atoms with Crippen molar-refractivity contribution in [3.05, 3.63) is 24.3 Å². The van der Waals surface area contributed by atoms with E-state index in [1.165, 1.54) is 11.3 Å². The first kappa shape index (κ1) is 22.8. The Bertz CT molecular complexity index is 817. The largest absolute Gasteiger partial charge is 0.378 e. The Kier molecular flexibility index (Phi) is 8.13. The molecule has 7 nitrogen and oxygen atoms in total. The van der Waals surface area contributed by atoms with Crippen LogP contribution in [0.3, 0.4) is 0 Å². The molecule has 2 aromatic rings. The second-order valence-electron chi connectivity index (χ2n) is 7.87. The number of hydrogen-bond donors (Lipinski definition) is 2. The molecule has 2 atom stereocenters. The van der Waals surface area contributed by atoms with Crippen molar-refractivity contribution in [2.75, 3.05) is 24.3 Å². The van der Waals surface area contributed by atoms with Crippen molar-refractivity contribution in [2.45, 2.75) is 46.6 Å². The van der Waals surface area contributed by atoms with Gasteiger partial charge in [0, 0.05) is 31.8 Å². The van der Waals surface area contributed by atoms with Gasteiger partial charge < -0.3 is 10.2 Å². The van der Waals surface area contributed by atoms with Crippen LogP contribution in [-0.4, -0.2) is 42.1 Å². The van der Waals surface area contributed by atoms with E-state index in [0.29, 0.717) is 11.6 Å². The molecular formula is C21H31N5O2S. The van der Waals surface area contributed by atoms with Crippen LogP contribution >= 0.6 is 11.3 Å². The molecule has 0 saturated carbocycles. The number of carbonyl (C=O) groups excluding carboxylic acids is 2. The van der Waals surface area contributed by atoms with Crippen LogP contribution in [-0.2, 0) is 9.59 Å². The highest BCUT2D eigenvalue weighted by molar-refractivity contribution is 7.18. The molecule has 0 aliphatic heterocycles. The molecule has 0 aliphatic rings. The molecule has 1 heterocycles. The zero-order valence-corrected chi connectivity index (χ0v) is 18.8. The Morgan fingerprint density at radius 1 is 1.10 bits per heavy atom. The van der Waals surface area contributed by atoms with E-state index < -0.39 is 6.04 Å². The number of amides is 2. The van der Waals surface area contributed by atoms with Gasteiger partial charge in [0.05, 0.1) is 0 Å². The fourth-order valence-corrected chi connectivity index (χ4v) is 3.53. The third kappa shape index (κ3) is 6.52. The number of rotatable bonds is 9. The van der Waals surface area contributed by atoms with Crippen LogP contribution in [0.15, 0.2) is 24.3 Å². The highest BCUT2D eigenvalue weighted by atomic mass is 32.1. The first-order valence-corrected chi connectivity index (χ1v) is 10.7. The van der Waals surface area contributed by atoms with Gasteiger partial charge in [0.25, 0.3) is 0 Å². The minimum atomic E-state index is -0.599. The van der Waals surface area contributed by atoms with Gasteiger partial charge in [-0.2, -0.15) is 0 Å². The van der Waals surface area contributed by atoms with Gasteiger partial charge in [-0.1, -0.05) is 45.5 Å². The average Bonchev–Trinajstić information content (AvgIpc) is 3.13. The predicted octanol–water partition coefficient (Wildman–Crippen LogP) is 3.79. The van der Waals surface area contributed by atoms with E-state index in [9.17, 15) is 9.59 Å². The molecular weight excluding hydrogens is 386 g/mol. The van der Waals surface area contributed by atoms with Gasteiger partial charge in [-0.3, -0.25) is 14.9 Å². The van der Waals surface area contributed by atoms with Gasteiger partial charge >= 0.3 is 0 Å². The standard InChI is InChI=1S/C21H31N5O2S/c1-7-14(4)18(22-17(27)12-13(2)3)19(28)23-21-25-24-20(29-21)15-8-10-16(11-9-15)26(5)6/h8-11,13-14,18H,7,12H2,1-6H3,(H,22,27)(H,23,25,28)/t14-,18+/m0/s1. The molecule has 0 radical (unpaired) electrons. The number of nitrogens with zero attached hydrogens (tertiary/aromatic N) is 3. The molecule has 2 rings (SSSR count). The van der Waals surface area contributed by atoms with Crippen molar-refractivity contribution in [2.24, 2.45) is 11.8 Å². The summed E-state index contributed by atoms with van der Waals surface area (Å²) < 4.78 is 0. The second-order valence-corrected chi connectivity index (χ2v) is 8.85. The zero-order chi connectivity index (χ0) is 21.6. The zero-order valence-electron chi connectivity index (χ0n) is 18.0. The minimum absolute atomic E-state index is 0.0112. The lowest BCUT2D eigenvalue weighted by Crippen LogP contribution is -2.47. The average molecular weight is 418 g/mol. The monoisotopic (exact) mass is 417 g/mol. The third-order valence-corrected chi connectivity index (χ3v) is 5.58. The summed E-state index contributed by atoms with van der Waals surface area (Å²) >= 11 is 1.31. The lowest BCUT2D eigenvalue weighted by molar-refractivity contribution is -0.128. The summed E-state index contributed by atoms with van der Waals surface area (Å²) in [5.74, 6) is -0.126. The predicted molar refractivity (Wildman–Crippen MR) is 119 cm³/mol. The van der Waals surface area contributed by atoms with Gasteiger partial charge in [0.2, 0.25) is 16.9 Å². The molecule has 0 saturated heterocycles. The number of anilines is 2. The second kappa shape index (κ2) is 10.3. The number of benzene rings is 1. The summed E-state index contributed by atoms with van der Waals surface area (Å²) in [6, 6.07) is 7.39. The molecule has 8 heteroatoms. The number of nitrogens with one attached hydrogen (secondary N) is 2. The molecule has 0 bridgehead atoms. The van der Waals surface area contributed by atoms with Crippen LogP contribution in [0.25, 0.3) is 10.6 Å². The van der Waals surface area contributed by atoms with Gasteiger partial charge in [-0.25, -0.2) is 0 Å². The minimum Gasteiger partial charge on any atom is -0.378 e. The fourth-order valence-electron chi connectivity index (χ4n) is 2.78. The van der Waals surface area contributed by atoms with Crippen molar-refractivity contribution >= 4 is 34.0 Å². The van der Waals surface area contributed by atoms with Crippen LogP contribution < -0.4 is 15.5 Å². The summed E-state index contributed by atoms with van der Waals surface area (Å²) in [6.07, 6.45) is 1.17. The highest BCUT2D eigenvalue weighted by Crippen LogP contribution is 2.28. The van der Waals surface area contributed by atoms with Crippen molar-refractivity contribution in [3.63, 3.8) is 0 Å². The number of aromatic nitrogens is 2. The summed E-state index contributed by atoms with van der Waals surface area (Å²) in [5, 5.41) is 15.1. The quantitative estimate of drug-likeness (QED) is 0.648. The molecule has 0 unspecified atom stereocenters. The van der Waals surface area contributed by atoms with Crippen LogP contribution in [0.5, 0.6) is 0 Å². The normalized spacial score (nSPS) is 13.1. The SMILES string of the molecule is CC[C@H](C)[C@@H](NC(=O)CC(C)C)C(=O)Nc1nnc(-c2ccc(N(C)C)cc2)s1. The van der Waals surface area contributed by atoms with Crippen molar-refractivity contribution < 1.29 is 9.59 Å².